The average molecular weight is 262 g/mol. The molecule has 0 spiro atoms. The van der Waals surface area contributed by atoms with Crippen LogP contribution in [0.5, 0.6) is 0 Å². The lowest BCUT2D eigenvalue weighted by Gasteiger charge is -2.37. The summed E-state index contributed by atoms with van der Waals surface area (Å²) in [5.41, 5.74) is 6.91. The molecule has 5 nitrogen and oxygen atoms in total. The second-order valence-corrected chi connectivity index (χ2v) is 5.19. The van der Waals surface area contributed by atoms with E-state index >= 15 is 0 Å². The summed E-state index contributed by atoms with van der Waals surface area (Å²) >= 11 is 0. The first-order valence-corrected chi connectivity index (χ1v) is 6.32. The van der Waals surface area contributed by atoms with Gasteiger partial charge in [-0.05, 0) is 37.5 Å². The molecular formula is C14H18N2O3. The maximum atomic E-state index is 12.0. The Morgan fingerprint density at radius 3 is 2.58 bits per heavy atom. The predicted molar refractivity (Wildman–Crippen MR) is 71.8 cm³/mol. The van der Waals surface area contributed by atoms with Crippen LogP contribution < -0.4 is 11.1 Å². The van der Waals surface area contributed by atoms with Crippen LogP contribution in [0.15, 0.2) is 18.2 Å². The number of hydrogen-bond donors (Lipinski definition) is 3. The summed E-state index contributed by atoms with van der Waals surface area (Å²) < 4.78 is 0. The van der Waals surface area contributed by atoms with Gasteiger partial charge in [0.25, 0.3) is 5.91 Å². The minimum Gasteiger partial charge on any atom is -0.481 e. The van der Waals surface area contributed by atoms with Crippen molar-refractivity contribution < 1.29 is 14.7 Å². The van der Waals surface area contributed by atoms with Gasteiger partial charge in [0, 0.05) is 17.8 Å². The summed E-state index contributed by atoms with van der Waals surface area (Å²) in [5.74, 6) is -1.11. The molecule has 1 saturated carbocycles. The number of nitrogens with two attached hydrogens (primary N) is 1. The Morgan fingerprint density at radius 1 is 1.42 bits per heavy atom. The van der Waals surface area contributed by atoms with Gasteiger partial charge < -0.3 is 16.2 Å². The Labute approximate surface area is 111 Å². The molecule has 5 heteroatoms. The molecule has 4 N–H and O–H groups in total. The Hall–Kier alpha value is -2.04. The van der Waals surface area contributed by atoms with E-state index in [0.717, 1.165) is 12.0 Å². The summed E-state index contributed by atoms with van der Waals surface area (Å²) in [6.07, 6.45) is 2.15. The number of carboxylic acids is 1. The van der Waals surface area contributed by atoms with E-state index in [1.165, 1.54) is 0 Å². The number of aryl methyl sites for hydroxylation is 1. The summed E-state index contributed by atoms with van der Waals surface area (Å²) in [7, 11) is 0. The third-order valence-corrected chi connectivity index (χ3v) is 3.89. The first-order chi connectivity index (χ1) is 8.94. The van der Waals surface area contributed by atoms with Crippen molar-refractivity contribution in [3.8, 4) is 0 Å². The van der Waals surface area contributed by atoms with E-state index in [4.69, 9.17) is 5.73 Å². The molecule has 0 bridgehead atoms. The summed E-state index contributed by atoms with van der Waals surface area (Å²) in [6, 6.07) is 5.08. The number of nitrogen functional groups attached to an aromatic ring is 1. The Morgan fingerprint density at radius 2 is 2.11 bits per heavy atom. The van der Waals surface area contributed by atoms with Gasteiger partial charge in [-0.25, -0.2) is 0 Å². The zero-order chi connectivity index (χ0) is 14.0. The van der Waals surface area contributed by atoms with Crippen LogP contribution in [0.2, 0.25) is 0 Å². The Balaban J connectivity index is 2.01. The van der Waals surface area contributed by atoms with Crippen molar-refractivity contribution >= 4 is 17.6 Å². The van der Waals surface area contributed by atoms with Gasteiger partial charge in [-0.3, -0.25) is 9.59 Å². The van der Waals surface area contributed by atoms with Crippen molar-refractivity contribution in [1.29, 1.82) is 0 Å². The Bertz CT molecular complexity index is 521. The van der Waals surface area contributed by atoms with Crippen LogP contribution >= 0.6 is 0 Å². The van der Waals surface area contributed by atoms with Gasteiger partial charge in [0.2, 0.25) is 0 Å². The molecule has 0 aromatic heterocycles. The van der Waals surface area contributed by atoms with Gasteiger partial charge in [-0.1, -0.05) is 12.5 Å². The molecule has 1 fully saturated rings. The van der Waals surface area contributed by atoms with Crippen molar-refractivity contribution in [2.75, 3.05) is 12.3 Å². The van der Waals surface area contributed by atoms with Gasteiger partial charge in [-0.15, -0.1) is 0 Å². The molecule has 1 amide bonds. The largest absolute Gasteiger partial charge is 0.481 e. The highest BCUT2D eigenvalue weighted by molar-refractivity contribution is 5.95. The number of rotatable bonds is 4. The molecule has 102 valence electrons. The first-order valence-electron chi connectivity index (χ1n) is 6.32. The summed E-state index contributed by atoms with van der Waals surface area (Å²) in [4.78, 5) is 23.1. The zero-order valence-electron chi connectivity index (χ0n) is 10.9. The fourth-order valence-electron chi connectivity index (χ4n) is 2.20. The van der Waals surface area contributed by atoms with Crippen LogP contribution in [0.25, 0.3) is 0 Å². The van der Waals surface area contributed by atoms with E-state index in [0.29, 0.717) is 24.1 Å². The maximum Gasteiger partial charge on any atom is 0.311 e. The molecule has 19 heavy (non-hydrogen) atoms. The van der Waals surface area contributed by atoms with Gasteiger partial charge in [0.05, 0.1) is 5.41 Å². The van der Waals surface area contributed by atoms with Crippen LogP contribution in [0, 0.1) is 12.3 Å². The first kappa shape index (κ1) is 13.4. The molecule has 0 radical (unpaired) electrons. The number of carboxylic acid groups (broad SMARTS) is 1. The van der Waals surface area contributed by atoms with Gasteiger partial charge >= 0.3 is 5.97 Å². The van der Waals surface area contributed by atoms with E-state index in [-0.39, 0.29) is 12.5 Å². The average Bonchev–Trinajstić information content (AvgIpc) is 2.30. The highest BCUT2D eigenvalue weighted by atomic mass is 16.4. The molecule has 0 unspecified atom stereocenters. The molecule has 1 aromatic rings. The van der Waals surface area contributed by atoms with Crippen LogP contribution in [0.3, 0.4) is 0 Å². The van der Waals surface area contributed by atoms with Gasteiger partial charge in [-0.2, -0.15) is 0 Å². The predicted octanol–water partition coefficient (Wildman–Crippen LogP) is 1.56. The van der Waals surface area contributed by atoms with Crippen molar-refractivity contribution in [2.45, 2.75) is 26.2 Å². The second-order valence-electron chi connectivity index (χ2n) is 5.19. The highest BCUT2D eigenvalue weighted by Crippen LogP contribution is 2.40. The minimum absolute atomic E-state index is 0.176. The van der Waals surface area contributed by atoms with Crippen molar-refractivity contribution in [3.05, 3.63) is 29.3 Å². The topological polar surface area (TPSA) is 92.4 Å². The summed E-state index contributed by atoms with van der Waals surface area (Å²) in [6.45, 7) is 2.04. The number of aliphatic carboxylic acids is 1. The molecular weight excluding hydrogens is 244 g/mol. The van der Waals surface area contributed by atoms with E-state index in [2.05, 4.69) is 5.32 Å². The third-order valence-electron chi connectivity index (χ3n) is 3.89. The zero-order valence-corrected chi connectivity index (χ0v) is 10.9. The molecule has 2 rings (SSSR count). The molecule has 1 aromatic carbocycles. The molecule has 0 aliphatic heterocycles. The number of carbonyl (C=O) groups excluding carboxylic acids is 1. The van der Waals surface area contributed by atoms with E-state index in [1.54, 1.807) is 18.2 Å². The smallest absolute Gasteiger partial charge is 0.311 e. The van der Waals surface area contributed by atoms with E-state index in [9.17, 15) is 14.7 Å². The summed E-state index contributed by atoms with van der Waals surface area (Å²) in [5, 5.41) is 11.9. The normalized spacial score (nSPS) is 16.5. The number of benzene rings is 1. The second kappa shape index (κ2) is 4.91. The van der Waals surface area contributed by atoms with Gasteiger partial charge in [0.1, 0.15) is 0 Å². The lowest BCUT2D eigenvalue weighted by molar-refractivity contribution is -0.153. The number of amides is 1. The highest BCUT2D eigenvalue weighted by Gasteiger charge is 2.44. The number of anilines is 1. The minimum atomic E-state index is -0.831. The lowest BCUT2D eigenvalue weighted by Crippen LogP contribution is -2.47. The van der Waals surface area contributed by atoms with Gasteiger partial charge in [0.15, 0.2) is 0 Å². The van der Waals surface area contributed by atoms with Crippen LogP contribution in [0.4, 0.5) is 5.69 Å². The quantitative estimate of drug-likeness (QED) is 0.718. The number of nitrogens with one attached hydrogen (secondary N) is 1. The maximum absolute atomic E-state index is 12.0. The molecule has 0 saturated heterocycles. The fraction of sp³-hybridized carbons (Fsp3) is 0.429. The van der Waals surface area contributed by atoms with Crippen molar-refractivity contribution in [1.82, 2.24) is 5.32 Å². The molecule has 0 atom stereocenters. The number of carbonyl (C=O) groups is 2. The monoisotopic (exact) mass is 262 g/mol. The third kappa shape index (κ3) is 2.54. The molecule has 1 aliphatic rings. The van der Waals surface area contributed by atoms with Crippen LogP contribution in [0.1, 0.15) is 35.2 Å². The van der Waals surface area contributed by atoms with Crippen LogP contribution in [-0.4, -0.2) is 23.5 Å². The fourth-order valence-corrected chi connectivity index (χ4v) is 2.20. The Kier molecular flexibility index (Phi) is 3.46. The molecule has 1 aliphatic carbocycles. The standard InChI is InChI=1S/C14H18N2O3/c1-9-3-4-10(7-11(9)15)12(17)16-8-14(13(18)19)5-2-6-14/h3-4,7H,2,5-6,8,15H2,1H3,(H,16,17)(H,18,19). The lowest BCUT2D eigenvalue weighted by atomic mass is 9.69. The molecule has 0 heterocycles. The van der Waals surface area contributed by atoms with E-state index < -0.39 is 11.4 Å². The van der Waals surface area contributed by atoms with Crippen molar-refractivity contribution in [3.63, 3.8) is 0 Å². The number of hydrogen-bond acceptors (Lipinski definition) is 3. The van der Waals surface area contributed by atoms with Crippen LogP contribution in [-0.2, 0) is 4.79 Å². The van der Waals surface area contributed by atoms with E-state index in [1.807, 2.05) is 6.92 Å². The van der Waals surface area contributed by atoms with Crippen molar-refractivity contribution in [2.24, 2.45) is 5.41 Å². The SMILES string of the molecule is Cc1ccc(C(=O)NCC2(C(=O)O)CCC2)cc1N.